The summed E-state index contributed by atoms with van der Waals surface area (Å²) in [7, 11) is 3.13. The van der Waals surface area contributed by atoms with E-state index in [9.17, 15) is 14.0 Å². The first kappa shape index (κ1) is 29.1. The first-order valence-corrected chi connectivity index (χ1v) is 12.9. The van der Waals surface area contributed by atoms with Crippen molar-refractivity contribution in [2.24, 2.45) is 5.92 Å². The summed E-state index contributed by atoms with van der Waals surface area (Å²) in [5.74, 6) is 0.388. The molecule has 0 bridgehead atoms. The molecule has 2 amide bonds. The second-order valence-electron chi connectivity index (χ2n) is 10.8. The molecule has 4 atom stereocenters. The molecule has 10 nitrogen and oxygen atoms in total. The van der Waals surface area contributed by atoms with Gasteiger partial charge in [0.1, 0.15) is 11.6 Å². The fourth-order valence-corrected chi connectivity index (χ4v) is 4.55. The Balaban J connectivity index is 1.62. The average Bonchev–Trinajstić information content (AvgIpc) is 2.87. The Hall–Kier alpha value is -3.50. The number of rotatable bonds is 8. The van der Waals surface area contributed by atoms with Gasteiger partial charge in [-0.15, -0.1) is 0 Å². The average molecular weight is 531 g/mol. The predicted molar refractivity (Wildman–Crippen MR) is 142 cm³/mol. The molecule has 2 aromatic rings. The molecule has 0 saturated heterocycles. The van der Waals surface area contributed by atoms with Crippen LogP contribution >= 0.6 is 0 Å². The number of hydrogen-bond acceptors (Lipinski definition) is 8. The SMILES string of the molecule is COc1nc(Nc2ccc(F)nc2)ncc1C(C)[C@@H]1CCC[C@H](NC(=O)[C@H](C)N(C)C(=O)OC(C)(C)C)C1. The van der Waals surface area contributed by atoms with Crippen LogP contribution < -0.4 is 15.4 Å². The minimum Gasteiger partial charge on any atom is -0.481 e. The molecule has 11 heteroatoms. The highest BCUT2D eigenvalue weighted by atomic mass is 19.1. The molecule has 3 rings (SSSR count). The number of nitrogens with one attached hydrogen (secondary N) is 2. The van der Waals surface area contributed by atoms with Gasteiger partial charge in [-0.3, -0.25) is 9.69 Å². The number of methoxy groups -OCH3 is 1. The molecule has 2 aromatic heterocycles. The first-order valence-electron chi connectivity index (χ1n) is 12.9. The lowest BCUT2D eigenvalue weighted by Crippen LogP contribution is -2.50. The highest BCUT2D eigenvalue weighted by molar-refractivity contribution is 5.85. The Kier molecular flexibility index (Phi) is 9.45. The monoisotopic (exact) mass is 530 g/mol. The van der Waals surface area contributed by atoms with Gasteiger partial charge in [0.15, 0.2) is 0 Å². The van der Waals surface area contributed by atoms with E-state index in [0.29, 0.717) is 17.5 Å². The summed E-state index contributed by atoms with van der Waals surface area (Å²) in [6.07, 6.45) is 6.22. The molecule has 38 heavy (non-hydrogen) atoms. The van der Waals surface area contributed by atoms with Crippen molar-refractivity contribution in [1.29, 1.82) is 0 Å². The molecule has 2 N–H and O–H groups in total. The fourth-order valence-electron chi connectivity index (χ4n) is 4.55. The zero-order valence-corrected chi connectivity index (χ0v) is 23.2. The van der Waals surface area contributed by atoms with E-state index < -0.39 is 23.7 Å². The van der Waals surface area contributed by atoms with Crippen molar-refractivity contribution in [3.8, 4) is 5.88 Å². The van der Waals surface area contributed by atoms with E-state index in [1.807, 2.05) is 0 Å². The minimum absolute atomic E-state index is 0.00276. The van der Waals surface area contributed by atoms with Crippen molar-refractivity contribution in [2.45, 2.75) is 83.9 Å². The van der Waals surface area contributed by atoms with Crippen molar-refractivity contribution < 1.29 is 23.5 Å². The van der Waals surface area contributed by atoms with Gasteiger partial charge in [-0.25, -0.2) is 14.8 Å². The fraction of sp³-hybridized carbons (Fsp3) is 0.593. The summed E-state index contributed by atoms with van der Waals surface area (Å²) in [5.41, 5.74) is 0.808. The van der Waals surface area contributed by atoms with Crippen LogP contribution in [0.2, 0.25) is 0 Å². The molecule has 0 radical (unpaired) electrons. The Morgan fingerprint density at radius 1 is 1.16 bits per heavy atom. The molecule has 1 aliphatic carbocycles. The van der Waals surface area contributed by atoms with Crippen molar-refractivity contribution in [1.82, 2.24) is 25.2 Å². The van der Waals surface area contributed by atoms with Crippen LogP contribution in [0.3, 0.4) is 0 Å². The molecular weight excluding hydrogens is 491 g/mol. The number of hydrogen-bond donors (Lipinski definition) is 2. The molecule has 0 aromatic carbocycles. The van der Waals surface area contributed by atoms with Crippen LogP contribution in [-0.4, -0.2) is 63.7 Å². The van der Waals surface area contributed by atoms with Crippen LogP contribution in [0, 0.1) is 11.9 Å². The third kappa shape index (κ3) is 7.75. The van der Waals surface area contributed by atoms with E-state index in [1.165, 1.54) is 17.2 Å². The number of nitrogens with zero attached hydrogens (tertiary/aromatic N) is 4. The number of carbonyl (C=O) groups is 2. The van der Waals surface area contributed by atoms with Crippen LogP contribution in [0.15, 0.2) is 24.5 Å². The lowest BCUT2D eigenvalue weighted by atomic mass is 9.76. The highest BCUT2D eigenvalue weighted by Crippen LogP contribution is 2.39. The Labute approximate surface area is 223 Å². The third-order valence-electron chi connectivity index (χ3n) is 6.86. The number of ether oxygens (including phenoxy) is 2. The molecule has 1 saturated carbocycles. The number of anilines is 2. The number of carbonyl (C=O) groups excluding carboxylic acids is 2. The van der Waals surface area contributed by atoms with Crippen LogP contribution in [0.25, 0.3) is 0 Å². The zero-order chi connectivity index (χ0) is 28.0. The minimum atomic E-state index is -0.660. The maximum absolute atomic E-state index is 13.1. The summed E-state index contributed by atoms with van der Waals surface area (Å²) in [6.45, 7) is 9.19. The summed E-state index contributed by atoms with van der Waals surface area (Å²) in [4.78, 5) is 39.2. The highest BCUT2D eigenvalue weighted by Gasteiger charge is 2.32. The Morgan fingerprint density at radius 2 is 1.89 bits per heavy atom. The second-order valence-corrected chi connectivity index (χ2v) is 10.8. The summed E-state index contributed by atoms with van der Waals surface area (Å²) >= 11 is 0. The third-order valence-corrected chi connectivity index (χ3v) is 6.86. The number of likely N-dealkylation sites (N-methyl/N-ethyl adjacent to an activating group) is 1. The maximum atomic E-state index is 13.1. The standard InChI is InChI=1S/C27H39FN6O4/c1-16(21-15-30-25(33-24(21)37-7)32-20-11-12-22(28)29-14-20)18-9-8-10-19(13-18)31-23(35)17(2)34(6)26(36)38-27(3,4)5/h11-12,14-19H,8-10,13H2,1-7H3,(H,31,35)(H,30,32,33)/t16?,17-,18+,19-/m0/s1. The van der Waals surface area contributed by atoms with Crippen molar-refractivity contribution >= 4 is 23.6 Å². The number of amides is 2. The largest absolute Gasteiger partial charge is 0.481 e. The van der Waals surface area contributed by atoms with Crippen LogP contribution in [-0.2, 0) is 9.53 Å². The molecule has 0 aliphatic heterocycles. The van der Waals surface area contributed by atoms with Crippen LogP contribution in [0.1, 0.15) is 71.8 Å². The normalized spacial score (nSPS) is 19.2. The van der Waals surface area contributed by atoms with Crippen LogP contribution in [0.4, 0.5) is 20.8 Å². The summed E-state index contributed by atoms with van der Waals surface area (Å²) < 4.78 is 24.0. The van der Waals surface area contributed by atoms with Crippen LogP contribution in [0.5, 0.6) is 5.88 Å². The van der Waals surface area contributed by atoms with Crippen molar-refractivity contribution in [2.75, 3.05) is 19.5 Å². The molecule has 1 fully saturated rings. The Bertz CT molecular complexity index is 1110. The molecule has 208 valence electrons. The van der Waals surface area contributed by atoms with E-state index in [-0.39, 0.29) is 23.8 Å². The molecule has 0 spiro atoms. The van der Waals surface area contributed by atoms with Gasteiger partial charge in [-0.1, -0.05) is 13.3 Å². The van der Waals surface area contributed by atoms with Gasteiger partial charge in [-0.2, -0.15) is 9.37 Å². The predicted octanol–water partition coefficient (Wildman–Crippen LogP) is 4.80. The van der Waals surface area contributed by atoms with E-state index in [2.05, 4.69) is 32.5 Å². The Morgan fingerprint density at radius 3 is 2.53 bits per heavy atom. The first-order chi connectivity index (χ1) is 17.9. The lowest BCUT2D eigenvalue weighted by Gasteiger charge is -2.35. The van der Waals surface area contributed by atoms with Gasteiger partial charge in [0.2, 0.25) is 23.7 Å². The van der Waals surface area contributed by atoms with Gasteiger partial charge in [0.25, 0.3) is 0 Å². The molecule has 1 aliphatic rings. The topological polar surface area (TPSA) is 119 Å². The molecular formula is C27H39FN6O4. The number of aromatic nitrogens is 3. The van der Waals surface area contributed by atoms with Gasteiger partial charge >= 0.3 is 6.09 Å². The smallest absolute Gasteiger partial charge is 0.410 e. The van der Waals surface area contributed by atoms with E-state index in [1.54, 1.807) is 54.1 Å². The quantitative estimate of drug-likeness (QED) is 0.468. The van der Waals surface area contributed by atoms with E-state index in [0.717, 1.165) is 31.2 Å². The molecule has 1 unspecified atom stereocenters. The van der Waals surface area contributed by atoms with Crippen molar-refractivity contribution in [3.05, 3.63) is 36.0 Å². The number of halogens is 1. The van der Waals surface area contributed by atoms with Gasteiger partial charge < -0.3 is 20.1 Å². The molecule has 2 heterocycles. The lowest BCUT2D eigenvalue weighted by molar-refractivity contribution is -0.126. The van der Waals surface area contributed by atoms with Gasteiger partial charge in [-0.05, 0) is 70.9 Å². The summed E-state index contributed by atoms with van der Waals surface area (Å²) in [6, 6.07) is 2.14. The van der Waals surface area contributed by atoms with E-state index in [4.69, 9.17) is 9.47 Å². The van der Waals surface area contributed by atoms with E-state index >= 15 is 0 Å². The summed E-state index contributed by atoms with van der Waals surface area (Å²) in [5, 5.41) is 6.13. The maximum Gasteiger partial charge on any atom is 0.410 e. The van der Waals surface area contributed by atoms with Gasteiger partial charge in [0, 0.05) is 24.8 Å². The zero-order valence-electron chi connectivity index (χ0n) is 23.2. The second kappa shape index (κ2) is 12.4. The number of pyridine rings is 1. The van der Waals surface area contributed by atoms with Crippen molar-refractivity contribution in [3.63, 3.8) is 0 Å². The van der Waals surface area contributed by atoms with Gasteiger partial charge in [0.05, 0.1) is 19.0 Å².